The minimum Gasteiger partial charge on any atom is -0.309 e. The number of hydrogen-bond acceptors (Lipinski definition) is 3. The van der Waals surface area contributed by atoms with Crippen LogP contribution in [-0.4, -0.2) is 49.3 Å². The molecule has 1 unspecified atom stereocenters. The molecule has 1 aromatic rings. The molecular formula is C17H25ClN2O. The monoisotopic (exact) mass is 308 g/mol. The molecule has 3 nitrogen and oxygen atoms in total. The van der Waals surface area contributed by atoms with Crippen LogP contribution in [0.5, 0.6) is 0 Å². The number of benzene rings is 1. The van der Waals surface area contributed by atoms with E-state index in [2.05, 4.69) is 23.9 Å². The maximum Gasteiger partial charge on any atom is 0.147 e. The number of rotatable bonds is 6. The van der Waals surface area contributed by atoms with Crippen molar-refractivity contribution in [2.45, 2.75) is 25.8 Å². The van der Waals surface area contributed by atoms with E-state index in [-0.39, 0.29) is 0 Å². The fourth-order valence-electron chi connectivity index (χ4n) is 3.01. The second-order valence-corrected chi connectivity index (χ2v) is 6.72. The van der Waals surface area contributed by atoms with Gasteiger partial charge in [0.15, 0.2) is 0 Å². The highest BCUT2D eigenvalue weighted by atomic mass is 35.5. The minimum absolute atomic E-state index is 0.364. The summed E-state index contributed by atoms with van der Waals surface area (Å²) in [5.41, 5.74) is 1.11. The summed E-state index contributed by atoms with van der Waals surface area (Å²) in [7, 11) is 4.19. The second kappa shape index (κ2) is 7.92. The molecule has 1 saturated heterocycles. The van der Waals surface area contributed by atoms with E-state index in [9.17, 15) is 4.79 Å². The Morgan fingerprint density at radius 3 is 2.81 bits per heavy atom. The molecule has 0 aromatic heterocycles. The molecule has 1 aliphatic heterocycles. The molecule has 1 atom stereocenters. The van der Waals surface area contributed by atoms with Crippen molar-refractivity contribution in [1.82, 2.24) is 9.80 Å². The number of carbonyl (C=O) groups excluding carboxylic acids is 1. The Hall–Kier alpha value is -0.900. The van der Waals surface area contributed by atoms with Gasteiger partial charge < -0.3 is 4.90 Å². The van der Waals surface area contributed by atoms with Gasteiger partial charge in [0, 0.05) is 24.5 Å². The Bertz CT molecular complexity index is 476. The van der Waals surface area contributed by atoms with Crippen molar-refractivity contribution in [3.8, 4) is 0 Å². The maximum atomic E-state index is 12.0. The molecule has 0 saturated carbocycles. The summed E-state index contributed by atoms with van der Waals surface area (Å²) >= 11 is 6.22. The topological polar surface area (TPSA) is 23.6 Å². The quantitative estimate of drug-likeness (QED) is 0.807. The Labute approximate surface area is 132 Å². The van der Waals surface area contributed by atoms with Crippen LogP contribution in [0.2, 0.25) is 5.02 Å². The second-order valence-electron chi connectivity index (χ2n) is 6.32. The Morgan fingerprint density at radius 1 is 1.33 bits per heavy atom. The Kier molecular flexibility index (Phi) is 6.22. The number of ketones is 1. The summed E-state index contributed by atoms with van der Waals surface area (Å²) in [5, 5.41) is 0.791. The van der Waals surface area contributed by atoms with Gasteiger partial charge in [0.1, 0.15) is 5.78 Å². The van der Waals surface area contributed by atoms with Crippen molar-refractivity contribution in [2.24, 2.45) is 5.92 Å². The summed E-state index contributed by atoms with van der Waals surface area (Å²) in [6.45, 7) is 3.44. The van der Waals surface area contributed by atoms with Gasteiger partial charge in [-0.05, 0) is 51.0 Å². The van der Waals surface area contributed by atoms with E-state index in [1.165, 1.54) is 0 Å². The molecule has 1 heterocycles. The van der Waals surface area contributed by atoms with E-state index >= 15 is 0 Å². The first kappa shape index (κ1) is 16.5. The predicted octanol–water partition coefficient (Wildman–Crippen LogP) is 3.07. The third kappa shape index (κ3) is 5.42. The van der Waals surface area contributed by atoms with Gasteiger partial charge in [0.25, 0.3) is 0 Å². The van der Waals surface area contributed by atoms with Gasteiger partial charge in [-0.1, -0.05) is 29.8 Å². The van der Waals surface area contributed by atoms with Crippen LogP contribution in [0.1, 0.15) is 24.8 Å². The van der Waals surface area contributed by atoms with Gasteiger partial charge in [-0.25, -0.2) is 0 Å². The predicted molar refractivity (Wildman–Crippen MR) is 87.6 cm³/mol. The van der Waals surface area contributed by atoms with Crippen molar-refractivity contribution in [3.63, 3.8) is 0 Å². The van der Waals surface area contributed by atoms with E-state index in [0.29, 0.717) is 18.2 Å². The van der Waals surface area contributed by atoms with Crippen LogP contribution in [0.15, 0.2) is 24.3 Å². The molecular weight excluding hydrogens is 284 g/mol. The molecule has 1 fully saturated rings. The summed E-state index contributed by atoms with van der Waals surface area (Å²) in [4.78, 5) is 16.4. The van der Waals surface area contributed by atoms with Gasteiger partial charge in [0.2, 0.25) is 0 Å². The van der Waals surface area contributed by atoms with Crippen LogP contribution in [-0.2, 0) is 11.3 Å². The molecule has 4 heteroatoms. The lowest BCUT2D eigenvalue weighted by Crippen LogP contribution is -2.40. The van der Waals surface area contributed by atoms with Crippen LogP contribution in [0.3, 0.4) is 0 Å². The molecule has 116 valence electrons. The lowest BCUT2D eigenvalue weighted by molar-refractivity contribution is -0.124. The SMILES string of the molecule is CN(C)CCCC1CC(=O)CN(Cc2ccccc2Cl)C1. The van der Waals surface area contributed by atoms with Gasteiger partial charge in [-0.3, -0.25) is 9.69 Å². The summed E-state index contributed by atoms with van der Waals surface area (Å²) in [6, 6.07) is 7.90. The molecule has 0 aliphatic carbocycles. The average molecular weight is 309 g/mol. The standard InChI is InChI=1S/C17H25ClN2O/c1-19(2)9-5-6-14-10-16(21)13-20(11-14)12-15-7-3-4-8-17(15)18/h3-4,7-8,14H,5-6,9-13H2,1-2H3. The number of halogens is 1. The summed E-state index contributed by atoms with van der Waals surface area (Å²) < 4.78 is 0. The normalized spacial score (nSPS) is 20.2. The lowest BCUT2D eigenvalue weighted by atomic mass is 9.92. The molecule has 0 N–H and O–H groups in total. The van der Waals surface area contributed by atoms with E-state index in [1.54, 1.807) is 0 Å². The van der Waals surface area contributed by atoms with Crippen LogP contribution in [0, 0.1) is 5.92 Å². The Balaban J connectivity index is 1.88. The van der Waals surface area contributed by atoms with Gasteiger partial charge in [-0.15, -0.1) is 0 Å². The number of likely N-dealkylation sites (tertiary alicyclic amines) is 1. The largest absolute Gasteiger partial charge is 0.309 e. The third-order valence-electron chi connectivity index (χ3n) is 4.00. The molecule has 1 aromatic carbocycles. The lowest BCUT2D eigenvalue weighted by Gasteiger charge is -2.32. The number of hydrogen-bond donors (Lipinski definition) is 0. The first-order valence-corrected chi connectivity index (χ1v) is 8.04. The van der Waals surface area contributed by atoms with Gasteiger partial charge in [-0.2, -0.15) is 0 Å². The van der Waals surface area contributed by atoms with Gasteiger partial charge >= 0.3 is 0 Å². The summed E-state index contributed by atoms with van der Waals surface area (Å²) in [5.74, 6) is 0.858. The fraction of sp³-hybridized carbons (Fsp3) is 0.588. The molecule has 0 spiro atoms. The highest BCUT2D eigenvalue weighted by molar-refractivity contribution is 6.31. The van der Waals surface area contributed by atoms with Crippen molar-refractivity contribution in [2.75, 3.05) is 33.7 Å². The molecule has 0 radical (unpaired) electrons. The van der Waals surface area contributed by atoms with E-state index < -0.39 is 0 Å². The van der Waals surface area contributed by atoms with Gasteiger partial charge in [0.05, 0.1) is 6.54 Å². The maximum absolute atomic E-state index is 12.0. The number of nitrogens with zero attached hydrogens (tertiary/aromatic N) is 2. The van der Waals surface area contributed by atoms with E-state index in [1.807, 2.05) is 24.3 Å². The van der Waals surface area contributed by atoms with Crippen molar-refractivity contribution in [1.29, 1.82) is 0 Å². The van der Waals surface area contributed by atoms with Crippen LogP contribution in [0.4, 0.5) is 0 Å². The fourth-order valence-corrected chi connectivity index (χ4v) is 3.20. The first-order valence-electron chi connectivity index (χ1n) is 7.67. The first-order chi connectivity index (χ1) is 10.0. The highest BCUT2D eigenvalue weighted by Gasteiger charge is 2.25. The smallest absolute Gasteiger partial charge is 0.147 e. The molecule has 2 rings (SSSR count). The number of piperidine rings is 1. The van der Waals surface area contributed by atoms with Crippen LogP contribution in [0.25, 0.3) is 0 Å². The number of Topliss-reactive ketones (excluding diaryl/α,β-unsaturated/α-hetero) is 1. The molecule has 21 heavy (non-hydrogen) atoms. The van der Waals surface area contributed by atoms with Crippen molar-refractivity contribution < 1.29 is 4.79 Å². The third-order valence-corrected chi connectivity index (χ3v) is 4.37. The van der Waals surface area contributed by atoms with E-state index in [0.717, 1.165) is 49.5 Å². The van der Waals surface area contributed by atoms with Crippen molar-refractivity contribution >= 4 is 17.4 Å². The molecule has 0 amide bonds. The zero-order valence-electron chi connectivity index (χ0n) is 13.0. The van der Waals surface area contributed by atoms with Crippen LogP contribution >= 0.6 is 11.6 Å². The van der Waals surface area contributed by atoms with Crippen molar-refractivity contribution in [3.05, 3.63) is 34.9 Å². The zero-order chi connectivity index (χ0) is 15.2. The number of carbonyl (C=O) groups is 1. The summed E-state index contributed by atoms with van der Waals surface area (Å²) in [6.07, 6.45) is 3.03. The van der Waals surface area contributed by atoms with E-state index in [4.69, 9.17) is 11.6 Å². The highest BCUT2D eigenvalue weighted by Crippen LogP contribution is 2.23. The Morgan fingerprint density at radius 2 is 2.10 bits per heavy atom. The van der Waals surface area contributed by atoms with Crippen LogP contribution < -0.4 is 0 Å². The average Bonchev–Trinajstić information content (AvgIpc) is 2.40. The molecule has 0 bridgehead atoms. The molecule has 1 aliphatic rings. The minimum atomic E-state index is 0.364. The zero-order valence-corrected chi connectivity index (χ0v) is 13.8.